The number of fused-ring (bicyclic) bond motifs is 1. The van der Waals surface area contributed by atoms with Crippen LogP contribution in [0.3, 0.4) is 0 Å². The molecule has 0 aliphatic carbocycles. The van der Waals surface area contributed by atoms with Gasteiger partial charge >= 0.3 is 0 Å². The molecule has 32 heavy (non-hydrogen) atoms. The van der Waals surface area contributed by atoms with Gasteiger partial charge in [-0.05, 0) is 55.2 Å². The lowest BCUT2D eigenvalue weighted by atomic mass is 9.89. The van der Waals surface area contributed by atoms with Gasteiger partial charge in [-0.3, -0.25) is 9.59 Å². The summed E-state index contributed by atoms with van der Waals surface area (Å²) in [7, 11) is 0. The first-order valence-electron chi connectivity index (χ1n) is 10.8. The van der Waals surface area contributed by atoms with Gasteiger partial charge in [-0.1, -0.05) is 17.7 Å². The van der Waals surface area contributed by atoms with Crippen molar-refractivity contribution in [2.75, 3.05) is 13.1 Å². The van der Waals surface area contributed by atoms with E-state index in [1.807, 2.05) is 13.0 Å². The van der Waals surface area contributed by atoms with Crippen LogP contribution in [0.1, 0.15) is 53.2 Å². The summed E-state index contributed by atoms with van der Waals surface area (Å²) in [4.78, 5) is 29.8. The minimum Gasteiger partial charge on any atom is -0.342 e. The number of carbonyl (C=O) groups is 2. The number of aryl methyl sites for hydroxylation is 1. The van der Waals surface area contributed by atoms with Gasteiger partial charge in [0, 0.05) is 42.6 Å². The van der Waals surface area contributed by atoms with E-state index >= 15 is 0 Å². The number of likely N-dealkylation sites (tertiary alicyclic amines) is 1. The van der Waals surface area contributed by atoms with Crippen LogP contribution in [0.15, 0.2) is 36.4 Å². The number of hydrogen-bond donors (Lipinski definition) is 0. The Hall–Kier alpha value is -2.51. The molecule has 3 aliphatic heterocycles. The monoisotopic (exact) mass is 460 g/mol. The molecular formula is C24H23ClF2N2O3. The lowest BCUT2D eigenvalue weighted by molar-refractivity contribution is -0.142. The van der Waals surface area contributed by atoms with E-state index in [4.69, 9.17) is 16.3 Å². The van der Waals surface area contributed by atoms with Crippen LogP contribution in [0.25, 0.3) is 0 Å². The quantitative estimate of drug-likeness (QED) is 0.657. The van der Waals surface area contributed by atoms with Crippen LogP contribution in [-0.2, 0) is 9.53 Å². The van der Waals surface area contributed by atoms with Crippen molar-refractivity contribution in [1.29, 1.82) is 0 Å². The smallest absolute Gasteiger partial charge is 0.257 e. The highest BCUT2D eigenvalue weighted by molar-refractivity contribution is 6.31. The molecule has 3 fully saturated rings. The fourth-order valence-electron chi connectivity index (χ4n) is 5.21. The fourth-order valence-corrected chi connectivity index (χ4v) is 5.38. The van der Waals surface area contributed by atoms with Crippen molar-refractivity contribution in [2.24, 2.45) is 0 Å². The predicted molar refractivity (Wildman–Crippen MR) is 114 cm³/mol. The molecule has 2 aromatic rings. The molecule has 0 radical (unpaired) electrons. The third-order valence-corrected chi connectivity index (χ3v) is 7.11. The number of halogens is 3. The maximum absolute atomic E-state index is 13.8. The van der Waals surface area contributed by atoms with E-state index in [-0.39, 0.29) is 11.8 Å². The van der Waals surface area contributed by atoms with E-state index < -0.39 is 29.5 Å². The zero-order valence-corrected chi connectivity index (χ0v) is 18.4. The van der Waals surface area contributed by atoms with Crippen molar-refractivity contribution in [3.8, 4) is 0 Å². The Bertz CT molecular complexity index is 1080. The average molecular weight is 461 g/mol. The van der Waals surface area contributed by atoms with Crippen LogP contribution >= 0.6 is 11.6 Å². The number of benzene rings is 2. The van der Waals surface area contributed by atoms with Crippen molar-refractivity contribution in [1.82, 2.24) is 9.80 Å². The van der Waals surface area contributed by atoms with E-state index in [9.17, 15) is 18.4 Å². The molecule has 0 bridgehead atoms. The topological polar surface area (TPSA) is 49.9 Å². The lowest BCUT2D eigenvalue weighted by Gasteiger charge is -2.37. The lowest BCUT2D eigenvalue weighted by Crippen LogP contribution is -2.51. The fraction of sp³-hybridized carbons (Fsp3) is 0.417. The standard InChI is InChI=1S/C24H23ClF2N2O3/c1-14-2-3-16(25)12-19(14)22(30)28-8-6-24(7-9-28)23(31)29-20(4-5-21(29)32-24)15-10-17(26)13-18(27)11-15/h2-3,10-13,20-21H,4-9H2,1H3/t20-,21+/m0/s1. The van der Waals surface area contributed by atoms with Crippen LogP contribution in [0.2, 0.25) is 5.02 Å². The zero-order valence-electron chi connectivity index (χ0n) is 17.6. The largest absolute Gasteiger partial charge is 0.342 e. The first-order valence-corrected chi connectivity index (χ1v) is 11.2. The number of hydrogen-bond acceptors (Lipinski definition) is 3. The van der Waals surface area contributed by atoms with Gasteiger partial charge in [0.05, 0.1) is 6.04 Å². The average Bonchev–Trinajstić information content (AvgIpc) is 3.27. The molecule has 3 saturated heterocycles. The molecule has 2 aromatic carbocycles. The summed E-state index contributed by atoms with van der Waals surface area (Å²) in [5.41, 5.74) is 0.859. The van der Waals surface area contributed by atoms with Gasteiger partial charge in [0.1, 0.15) is 17.9 Å². The van der Waals surface area contributed by atoms with Crippen molar-refractivity contribution in [3.63, 3.8) is 0 Å². The summed E-state index contributed by atoms with van der Waals surface area (Å²) >= 11 is 6.07. The molecule has 0 aromatic heterocycles. The van der Waals surface area contributed by atoms with Crippen LogP contribution in [0.4, 0.5) is 8.78 Å². The molecule has 8 heteroatoms. The Morgan fingerprint density at radius 3 is 2.47 bits per heavy atom. The number of rotatable bonds is 2. The molecule has 2 amide bonds. The van der Waals surface area contributed by atoms with Crippen LogP contribution < -0.4 is 0 Å². The molecule has 1 spiro atoms. The van der Waals surface area contributed by atoms with Crippen molar-refractivity contribution in [3.05, 3.63) is 69.7 Å². The number of nitrogens with zero attached hydrogens (tertiary/aromatic N) is 2. The summed E-state index contributed by atoms with van der Waals surface area (Å²) < 4.78 is 33.8. The zero-order chi connectivity index (χ0) is 22.6. The molecule has 3 aliphatic rings. The highest BCUT2D eigenvalue weighted by atomic mass is 35.5. The third-order valence-electron chi connectivity index (χ3n) is 6.88. The third kappa shape index (κ3) is 3.48. The van der Waals surface area contributed by atoms with E-state index in [1.165, 1.54) is 12.1 Å². The van der Waals surface area contributed by atoms with E-state index in [0.29, 0.717) is 54.9 Å². The van der Waals surface area contributed by atoms with Gasteiger partial charge in [-0.15, -0.1) is 0 Å². The minimum atomic E-state index is -0.991. The molecule has 0 N–H and O–H groups in total. The van der Waals surface area contributed by atoms with Crippen molar-refractivity contribution >= 4 is 23.4 Å². The summed E-state index contributed by atoms with van der Waals surface area (Å²) in [6.07, 6.45) is 1.56. The number of piperidine rings is 1. The Kier molecular flexibility index (Phi) is 5.21. The SMILES string of the molecule is Cc1ccc(Cl)cc1C(=O)N1CCC2(CC1)O[C@@H]1CC[C@@H](c3cc(F)cc(F)c3)N1C2=O. The van der Waals surface area contributed by atoms with Gasteiger partial charge in [0.2, 0.25) is 0 Å². The molecule has 3 heterocycles. The molecule has 5 rings (SSSR count). The molecule has 5 nitrogen and oxygen atoms in total. The van der Waals surface area contributed by atoms with Crippen molar-refractivity contribution < 1.29 is 23.1 Å². The summed E-state index contributed by atoms with van der Waals surface area (Å²) in [6.45, 7) is 2.63. The highest BCUT2D eigenvalue weighted by Gasteiger charge is 2.58. The summed E-state index contributed by atoms with van der Waals surface area (Å²) in [5.74, 6) is -1.58. The van der Waals surface area contributed by atoms with Crippen LogP contribution in [0, 0.1) is 18.6 Å². The van der Waals surface area contributed by atoms with Crippen molar-refractivity contribution in [2.45, 2.75) is 50.5 Å². The molecule has 0 unspecified atom stereocenters. The maximum atomic E-state index is 13.8. The van der Waals surface area contributed by atoms with Gasteiger partial charge in [-0.2, -0.15) is 0 Å². The highest BCUT2D eigenvalue weighted by Crippen LogP contribution is 2.47. The van der Waals surface area contributed by atoms with Crippen LogP contribution in [0.5, 0.6) is 0 Å². The Labute approximate surface area is 189 Å². The number of ether oxygens (including phenoxy) is 1. The predicted octanol–water partition coefficient (Wildman–Crippen LogP) is 4.62. The van der Waals surface area contributed by atoms with Gasteiger partial charge in [0.25, 0.3) is 11.8 Å². The normalized spacial score (nSPS) is 24.3. The van der Waals surface area contributed by atoms with E-state index in [0.717, 1.165) is 11.6 Å². The maximum Gasteiger partial charge on any atom is 0.257 e. The second-order valence-corrected chi connectivity index (χ2v) is 9.26. The second-order valence-electron chi connectivity index (χ2n) is 8.83. The molecular weight excluding hydrogens is 438 g/mol. The van der Waals surface area contributed by atoms with Gasteiger partial charge in [-0.25, -0.2) is 8.78 Å². The molecule has 2 atom stereocenters. The summed E-state index contributed by atoms with van der Waals surface area (Å²) in [6, 6.07) is 8.21. The minimum absolute atomic E-state index is 0.112. The molecule has 168 valence electrons. The Morgan fingerprint density at radius 2 is 1.78 bits per heavy atom. The van der Waals surface area contributed by atoms with Crippen LogP contribution in [-0.4, -0.2) is 46.5 Å². The van der Waals surface area contributed by atoms with Gasteiger partial charge < -0.3 is 14.5 Å². The Balaban J connectivity index is 1.32. The first-order chi connectivity index (χ1) is 15.3. The van der Waals surface area contributed by atoms with E-state index in [1.54, 1.807) is 21.9 Å². The van der Waals surface area contributed by atoms with Gasteiger partial charge in [0.15, 0.2) is 5.60 Å². The second kappa shape index (κ2) is 7.81. The Morgan fingerprint density at radius 1 is 1.09 bits per heavy atom. The molecule has 0 saturated carbocycles. The number of carbonyl (C=O) groups excluding carboxylic acids is 2. The summed E-state index contributed by atoms with van der Waals surface area (Å²) in [5, 5.41) is 0.502. The first kappa shape index (κ1) is 21.3. The number of amides is 2. The van der Waals surface area contributed by atoms with E-state index in [2.05, 4.69) is 0 Å².